The number of methoxy groups -OCH3 is 1. The molecule has 1 aromatic heterocycles. The Hall–Kier alpha value is -3.35. The zero-order valence-electron chi connectivity index (χ0n) is 16.4. The fourth-order valence-corrected chi connectivity index (χ4v) is 2.83. The van der Waals surface area contributed by atoms with Crippen LogP contribution in [0.1, 0.15) is 34.1 Å². The van der Waals surface area contributed by atoms with Crippen molar-refractivity contribution in [2.24, 2.45) is 0 Å². The number of rotatable bonds is 7. The summed E-state index contributed by atoms with van der Waals surface area (Å²) in [6.45, 7) is 6.59. The molecule has 0 aliphatic rings. The predicted molar refractivity (Wildman–Crippen MR) is 105 cm³/mol. The van der Waals surface area contributed by atoms with Gasteiger partial charge in [0.05, 0.1) is 13.7 Å². The number of carbonyl (C=O) groups excluding carboxylic acids is 1. The highest BCUT2D eigenvalue weighted by Gasteiger charge is 2.20. The van der Waals surface area contributed by atoms with E-state index in [-0.39, 0.29) is 12.3 Å². The molecule has 1 N–H and O–H groups in total. The molecule has 0 aliphatic carbocycles. The van der Waals surface area contributed by atoms with Gasteiger partial charge in [-0.25, -0.2) is 4.79 Å². The van der Waals surface area contributed by atoms with Crippen molar-refractivity contribution in [3.8, 4) is 22.8 Å². The minimum absolute atomic E-state index is 0.132. The van der Waals surface area contributed by atoms with E-state index in [2.05, 4.69) is 35.3 Å². The van der Waals surface area contributed by atoms with Crippen molar-refractivity contribution in [3.05, 3.63) is 58.8 Å². The zero-order chi connectivity index (χ0) is 20.1. The van der Waals surface area contributed by atoms with E-state index in [0.717, 1.165) is 5.56 Å². The third-order valence-electron chi connectivity index (χ3n) is 4.55. The number of hydrogen-bond donors (Lipinski definition) is 1. The number of aromatic nitrogens is 3. The third kappa shape index (κ3) is 3.98. The van der Waals surface area contributed by atoms with E-state index in [1.807, 2.05) is 18.2 Å². The fourth-order valence-electron chi connectivity index (χ4n) is 2.83. The zero-order valence-corrected chi connectivity index (χ0v) is 16.4. The molecule has 1 heterocycles. The molecule has 0 bridgehead atoms. The molecule has 0 saturated heterocycles. The van der Waals surface area contributed by atoms with Gasteiger partial charge in [-0.15, -0.1) is 5.10 Å². The van der Waals surface area contributed by atoms with E-state index >= 15 is 0 Å². The Labute approximate surface area is 163 Å². The largest absolute Gasteiger partial charge is 0.493 e. The van der Waals surface area contributed by atoms with Crippen LogP contribution in [0, 0.1) is 13.8 Å². The number of H-pyrrole nitrogens is 1. The molecule has 0 atom stereocenters. The first kappa shape index (κ1) is 19.4. The molecule has 0 unspecified atom stereocenters. The van der Waals surface area contributed by atoms with Crippen LogP contribution in [0.4, 0.5) is 0 Å². The number of carbonyl (C=O) groups is 1. The molecule has 7 nitrogen and oxygen atoms in total. The van der Waals surface area contributed by atoms with Crippen LogP contribution in [0.15, 0.2) is 36.4 Å². The van der Waals surface area contributed by atoms with E-state index in [4.69, 9.17) is 14.2 Å². The van der Waals surface area contributed by atoms with Crippen LogP contribution in [0.5, 0.6) is 11.5 Å². The standard InChI is InChI=1S/C21H23N3O4/c1-5-27-21(25)20-19(22-24-23-20)15-9-10-17(18(11-15)26-4)28-12-16-8-6-7-13(2)14(16)3/h6-11H,5,12H2,1-4H3,(H,22,23,24). The summed E-state index contributed by atoms with van der Waals surface area (Å²) < 4.78 is 16.5. The van der Waals surface area contributed by atoms with Gasteiger partial charge in [-0.1, -0.05) is 18.2 Å². The van der Waals surface area contributed by atoms with Gasteiger partial charge in [0.15, 0.2) is 17.2 Å². The lowest BCUT2D eigenvalue weighted by molar-refractivity contribution is 0.0520. The molecular formula is C21H23N3O4. The van der Waals surface area contributed by atoms with Crippen molar-refractivity contribution < 1.29 is 19.0 Å². The summed E-state index contributed by atoms with van der Waals surface area (Å²) >= 11 is 0. The summed E-state index contributed by atoms with van der Waals surface area (Å²) in [5.41, 5.74) is 4.76. The highest BCUT2D eigenvalue weighted by molar-refractivity contribution is 5.94. The number of aromatic amines is 1. The molecule has 0 spiro atoms. The molecule has 146 valence electrons. The van der Waals surface area contributed by atoms with Crippen LogP contribution in [0.2, 0.25) is 0 Å². The summed E-state index contributed by atoms with van der Waals surface area (Å²) in [4.78, 5) is 12.0. The van der Waals surface area contributed by atoms with Crippen molar-refractivity contribution in [1.82, 2.24) is 15.4 Å². The van der Waals surface area contributed by atoms with Gasteiger partial charge in [-0.05, 0) is 55.7 Å². The lowest BCUT2D eigenvalue weighted by atomic mass is 10.0. The number of nitrogens with zero attached hydrogens (tertiary/aromatic N) is 2. The van der Waals surface area contributed by atoms with Gasteiger partial charge < -0.3 is 14.2 Å². The van der Waals surface area contributed by atoms with Crippen LogP contribution >= 0.6 is 0 Å². The fraction of sp³-hybridized carbons (Fsp3) is 0.286. The lowest BCUT2D eigenvalue weighted by Gasteiger charge is -2.14. The van der Waals surface area contributed by atoms with Crippen molar-refractivity contribution >= 4 is 5.97 Å². The van der Waals surface area contributed by atoms with Crippen molar-refractivity contribution in [2.75, 3.05) is 13.7 Å². The Bertz CT molecular complexity index is 982. The van der Waals surface area contributed by atoms with Gasteiger partial charge in [0.25, 0.3) is 0 Å². The van der Waals surface area contributed by atoms with Crippen molar-refractivity contribution in [3.63, 3.8) is 0 Å². The monoisotopic (exact) mass is 381 g/mol. The Kier molecular flexibility index (Phi) is 5.93. The molecule has 0 amide bonds. The summed E-state index contributed by atoms with van der Waals surface area (Å²) in [7, 11) is 1.57. The van der Waals surface area contributed by atoms with E-state index in [0.29, 0.717) is 29.4 Å². The second-order valence-electron chi connectivity index (χ2n) is 6.25. The number of esters is 1. The quantitative estimate of drug-likeness (QED) is 0.626. The Morgan fingerprint density at radius 1 is 1.11 bits per heavy atom. The normalized spacial score (nSPS) is 10.6. The first-order valence-electron chi connectivity index (χ1n) is 8.99. The molecule has 0 radical (unpaired) electrons. The van der Waals surface area contributed by atoms with Gasteiger partial charge in [0.2, 0.25) is 0 Å². The average molecular weight is 381 g/mol. The molecule has 7 heteroatoms. The van der Waals surface area contributed by atoms with Crippen LogP contribution in [-0.2, 0) is 11.3 Å². The maximum Gasteiger partial charge on any atom is 0.361 e. The highest BCUT2D eigenvalue weighted by atomic mass is 16.5. The minimum atomic E-state index is -0.527. The number of ether oxygens (including phenoxy) is 3. The average Bonchev–Trinajstić information content (AvgIpc) is 3.19. The molecule has 0 saturated carbocycles. The summed E-state index contributed by atoms with van der Waals surface area (Å²) in [6, 6.07) is 11.5. The number of aryl methyl sites for hydroxylation is 1. The number of benzene rings is 2. The molecular weight excluding hydrogens is 358 g/mol. The maximum absolute atomic E-state index is 12.0. The van der Waals surface area contributed by atoms with Crippen molar-refractivity contribution in [2.45, 2.75) is 27.4 Å². The number of hydrogen-bond acceptors (Lipinski definition) is 6. The second-order valence-corrected chi connectivity index (χ2v) is 6.25. The lowest BCUT2D eigenvalue weighted by Crippen LogP contribution is -2.07. The molecule has 0 fully saturated rings. The Balaban J connectivity index is 1.84. The maximum atomic E-state index is 12.0. The first-order valence-corrected chi connectivity index (χ1v) is 8.99. The van der Waals surface area contributed by atoms with E-state index in [1.165, 1.54) is 11.1 Å². The molecule has 3 rings (SSSR count). The molecule has 2 aromatic carbocycles. The highest BCUT2D eigenvalue weighted by Crippen LogP contribution is 2.33. The van der Waals surface area contributed by atoms with E-state index in [1.54, 1.807) is 26.2 Å². The molecule has 0 aliphatic heterocycles. The minimum Gasteiger partial charge on any atom is -0.493 e. The van der Waals surface area contributed by atoms with E-state index < -0.39 is 5.97 Å². The summed E-state index contributed by atoms with van der Waals surface area (Å²) in [5.74, 6) is 0.620. The van der Waals surface area contributed by atoms with Gasteiger partial charge in [0, 0.05) is 5.56 Å². The van der Waals surface area contributed by atoms with Gasteiger partial charge in [-0.2, -0.15) is 10.3 Å². The van der Waals surface area contributed by atoms with E-state index in [9.17, 15) is 4.79 Å². The van der Waals surface area contributed by atoms with Crippen LogP contribution < -0.4 is 9.47 Å². The van der Waals surface area contributed by atoms with Crippen LogP contribution in [-0.4, -0.2) is 35.1 Å². The second kappa shape index (κ2) is 8.56. The van der Waals surface area contributed by atoms with Crippen LogP contribution in [0.3, 0.4) is 0 Å². The Morgan fingerprint density at radius 2 is 1.93 bits per heavy atom. The summed E-state index contributed by atoms with van der Waals surface area (Å²) in [6.07, 6.45) is 0. The first-order chi connectivity index (χ1) is 13.5. The van der Waals surface area contributed by atoms with Gasteiger partial charge in [0.1, 0.15) is 12.3 Å². The number of nitrogens with one attached hydrogen (secondary N) is 1. The van der Waals surface area contributed by atoms with Gasteiger partial charge >= 0.3 is 5.97 Å². The van der Waals surface area contributed by atoms with Crippen LogP contribution in [0.25, 0.3) is 11.3 Å². The predicted octanol–water partition coefficient (Wildman–Crippen LogP) is 3.85. The summed E-state index contributed by atoms with van der Waals surface area (Å²) in [5, 5.41) is 10.5. The third-order valence-corrected chi connectivity index (χ3v) is 4.55. The SMILES string of the molecule is CCOC(=O)c1n[nH]nc1-c1ccc(OCc2cccc(C)c2C)c(OC)c1. The van der Waals surface area contributed by atoms with Crippen molar-refractivity contribution in [1.29, 1.82) is 0 Å². The van der Waals surface area contributed by atoms with Gasteiger partial charge in [-0.3, -0.25) is 0 Å². The smallest absolute Gasteiger partial charge is 0.361 e. The Morgan fingerprint density at radius 3 is 2.68 bits per heavy atom. The molecule has 3 aromatic rings. The topological polar surface area (TPSA) is 86.3 Å². The molecule has 28 heavy (non-hydrogen) atoms.